The predicted octanol–water partition coefficient (Wildman–Crippen LogP) is 3.52. The summed E-state index contributed by atoms with van der Waals surface area (Å²) in [5, 5.41) is 8.24. The molecule has 0 bridgehead atoms. The summed E-state index contributed by atoms with van der Waals surface area (Å²) in [7, 11) is 0. The van der Waals surface area contributed by atoms with Gasteiger partial charge < -0.3 is 11.1 Å². The first-order chi connectivity index (χ1) is 11.3. The van der Waals surface area contributed by atoms with Crippen molar-refractivity contribution in [2.45, 2.75) is 13.0 Å². The third-order valence-corrected chi connectivity index (χ3v) is 5.03. The van der Waals surface area contributed by atoms with E-state index < -0.39 is 0 Å². The van der Waals surface area contributed by atoms with E-state index in [4.69, 9.17) is 5.73 Å². The number of aromatic nitrogens is 1. The fourth-order valence-electron chi connectivity index (χ4n) is 2.10. The molecular weight excluding hydrogens is 324 g/mol. The summed E-state index contributed by atoms with van der Waals surface area (Å²) in [5.41, 5.74) is 8.01. The Bertz CT molecular complexity index is 748. The van der Waals surface area contributed by atoms with Gasteiger partial charge in [-0.1, -0.05) is 36.4 Å². The molecule has 3 N–H and O–H groups in total. The molecule has 0 aliphatic carbocycles. The Morgan fingerprint density at radius 1 is 1.13 bits per heavy atom. The minimum absolute atomic E-state index is 0.470. The summed E-state index contributed by atoms with van der Waals surface area (Å²) >= 11 is 3.36. The van der Waals surface area contributed by atoms with Crippen LogP contribution in [0, 0.1) is 0 Å². The molecule has 2 heterocycles. The van der Waals surface area contributed by atoms with Crippen molar-refractivity contribution >= 4 is 28.6 Å². The van der Waals surface area contributed by atoms with Crippen LogP contribution in [0.25, 0.3) is 11.3 Å². The third kappa shape index (κ3) is 4.64. The molecular formula is C17H18N4S2. The van der Waals surface area contributed by atoms with Crippen LogP contribution in [0.2, 0.25) is 0 Å². The first-order valence-corrected chi connectivity index (χ1v) is 9.13. The number of nitrogens with two attached hydrogens (primary N) is 1. The maximum Gasteiger partial charge on any atom is 0.189 e. The van der Waals surface area contributed by atoms with Crippen molar-refractivity contribution in [2.75, 3.05) is 6.54 Å². The van der Waals surface area contributed by atoms with Gasteiger partial charge >= 0.3 is 0 Å². The zero-order valence-electron chi connectivity index (χ0n) is 12.6. The Morgan fingerprint density at radius 2 is 2.00 bits per heavy atom. The molecule has 3 rings (SSSR count). The maximum absolute atomic E-state index is 5.90. The number of guanidine groups is 1. The first-order valence-electron chi connectivity index (χ1n) is 7.37. The Kier molecular flexibility index (Phi) is 5.39. The van der Waals surface area contributed by atoms with Crippen LogP contribution in [0.15, 0.2) is 58.2 Å². The quantitative estimate of drug-likeness (QED) is 0.532. The second kappa shape index (κ2) is 7.89. The van der Waals surface area contributed by atoms with Crippen LogP contribution in [0.5, 0.6) is 0 Å². The molecule has 1 aromatic carbocycles. The summed E-state index contributed by atoms with van der Waals surface area (Å²) in [6.45, 7) is 1.30. The number of hydrogen-bond donors (Lipinski definition) is 2. The molecule has 0 aliphatic rings. The van der Waals surface area contributed by atoms with Crippen molar-refractivity contribution < 1.29 is 0 Å². The van der Waals surface area contributed by atoms with E-state index in [9.17, 15) is 0 Å². The highest BCUT2D eigenvalue weighted by Gasteiger charge is 2.03. The molecule has 0 saturated heterocycles. The lowest BCUT2D eigenvalue weighted by Crippen LogP contribution is -2.33. The van der Waals surface area contributed by atoms with E-state index in [-0.39, 0.29) is 0 Å². The molecule has 0 spiro atoms. The van der Waals surface area contributed by atoms with Crippen molar-refractivity contribution in [3.8, 4) is 11.3 Å². The fourth-order valence-corrected chi connectivity index (χ4v) is 3.54. The smallest absolute Gasteiger partial charge is 0.189 e. The Balaban J connectivity index is 1.50. The summed E-state index contributed by atoms with van der Waals surface area (Å²) in [5.74, 6) is 0.470. The van der Waals surface area contributed by atoms with Crippen molar-refractivity contribution in [1.29, 1.82) is 0 Å². The molecule has 0 amide bonds. The lowest BCUT2D eigenvalue weighted by Gasteiger charge is -2.03. The third-order valence-electron chi connectivity index (χ3n) is 3.26. The molecule has 0 radical (unpaired) electrons. The molecule has 23 heavy (non-hydrogen) atoms. The summed E-state index contributed by atoms with van der Waals surface area (Å²) in [4.78, 5) is 10.3. The van der Waals surface area contributed by atoms with Gasteiger partial charge in [-0.15, -0.1) is 22.7 Å². The molecule has 3 aromatic rings. The first kappa shape index (κ1) is 15.7. The van der Waals surface area contributed by atoms with E-state index in [0.29, 0.717) is 12.5 Å². The number of aliphatic imine (C=N–C) groups is 1. The van der Waals surface area contributed by atoms with Crippen LogP contribution in [-0.4, -0.2) is 17.5 Å². The SMILES string of the molecule is NC(=NCc1nc(-c2ccccc2)cs1)NCCc1cccs1. The van der Waals surface area contributed by atoms with Crippen LogP contribution >= 0.6 is 22.7 Å². The normalized spacial score (nSPS) is 11.6. The molecule has 0 aliphatic heterocycles. The molecule has 2 aromatic heterocycles. The highest BCUT2D eigenvalue weighted by atomic mass is 32.1. The second-order valence-electron chi connectivity index (χ2n) is 4.95. The van der Waals surface area contributed by atoms with Crippen LogP contribution in [0.1, 0.15) is 9.88 Å². The average molecular weight is 342 g/mol. The molecule has 0 atom stereocenters. The standard InChI is InChI=1S/C17H18N4S2/c18-17(19-9-8-14-7-4-10-22-14)20-11-16-21-15(12-23-16)13-5-2-1-3-6-13/h1-7,10,12H,8-9,11H2,(H3,18,19,20). The fraction of sp³-hybridized carbons (Fsp3) is 0.176. The number of nitrogens with zero attached hydrogens (tertiary/aromatic N) is 2. The minimum atomic E-state index is 0.470. The van der Waals surface area contributed by atoms with Gasteiger partial charge in [0.1, 0.15) is 5.01 Å². The van der Waals surface area contributed by atoms with Crippen molar-refractivity contribution in [2.24, 2.45) is 10.7 Å². The van der Waals surface area contributed by atoms with Crippen LogP contribution in [0.4, 0.5) is 0 Å². The largest absolute Gasteiger partial charge is 0.370 e. The van der Waals surface area contributed by atoms with Gasteiger partial charge in [0, 0.05) is 22.4 Å². The predicted molar refractivity (Wildman–Crippen MR) is 98.9 cm³/mol. The van der Waals surface area contributed by atoms with Gasteiger partial charge in [0.05, 0.1) is 12.2 Å². The highest BCUT2D eigenvalue weighted by molar-refractivity contribution is 7.10. The number of rotatable bonds is 6. The van der Waals surface area contributed by atoms with Gasteiger partial charge in [-0.2, -0.15) is 0 Å². The zero-order valence-corrected chi connectivity index (χ0v) is 14.2. The van der Waals surface area contributed by atoms with Gasteiger partial charge in [0.15, 0.2) is 5.96 Å². The summed E-state index contributed by atoms with van der Waals surface area (Å²) in [6, 6.07) is 14.3. The summed E-state index contributed by atoms with van der Waals surface area (Å²) in [6.07, 6.45) is 0.962. The number of nitrogens with one attached hydrogen (secondary N) is 1. The molecule has 6 heteroatoms. The minimum Gasteiger partial charge on any atom is -0.370 e. The number of benzene rings is 1. The van der Waals surface area contributed by atoms with Crippen LogP contribution in [0.3, 0.4) is 0 Å². The molecule has 4 nitrogen and oxygen atoms in total. The van der Waals surface area contributed by atoms with Gasteiger partial charge in [-0.05, 0) is 17.9 Å². The number of hydrogen-bond acceptors (Lipinski definition) is 4. The van der Waals surface area contributed by atoms with E-state index in [2.05, 4.69) is 50.3 Å². The Morgan fingerprint density at radius 3 is 2.78 bits per heavy atom. The lowest BCUT2D eigenvalue weighted by atomic mass is 10.2. The van der Waals surface area contributed by atoms with Crippen molar-refractivity contribution in [3.05, 3.63) is 63.1 Å². The van der Waals surface area contributed by atoms with E-state index >= 15 is 0 Å². The van der Waals surface area contributed by atoms with Gasteiger partial charge in [0.25, 0.3) is 0 Å². The maximum atomic E-state index is 5.90. The van der Waals surface area contributed by atoms with Gasteiger partial charge in [-0.25, -0.2) is 9.98 Å². The number of thiophene rings is 1. The summed E-state index contributed by atoms with van der Waals surface area (Å²) < 4.78 is 0. The van der Waals surface area contributed by atoms with Gasteiger partial charge in [0.2, 0.25) is 0 Å². The zero-order chi connectivity index (χ0) is 15.9. The highest BCUT2D eigenvalue weighted by Crippen LogP contribution is 2.21. The molecule has 0 saturated carbocycles. The van der Waals surface area contributed by atoms with E-state index in [0.717, 1.165) is 29.2 Å². The molecule has 0 fully saturated rings. The Hall–Kier alpha value is -2.18. The Labute approximate surface area is 143 Å². The molecule has 118 valence electrons. The topological polar surface area (TPSA) is 63.3 Å². The number of thiazole rings is 1. The van der Waals surface area contributed by atoms with Gasteiger partial charge in [-0.3, -0.25) is 0 Å². The second-order valence-corrected chi connectivity index (χ2v) is 6.93. The van der Waals surface area contributed by atoms with Crippen LogP contribution < -0.4 is 11.1 Å². The van der Waals surface area contributed by atoms with Crippen molar-refractivity contribution in [1.82, 2.24) is 10.3 Å². The molecule has 0 unspecified atom stereocenters. The van der Waals surface area contributed by atoms with E-state index in [1.54, 1.807) is 22.7 Å². The van der Waals surface area contributed by atoms with E-state index in [1.165, 1.54) is 4.88 Å². The van der Waals surface area contributed by atoms with Crippen molar-refractivity contribution in [3.63, 3.8) is 0 Å². The van der Waals surface area contributed by atoms with Crippen LogP contribution in [-0.2, 0) is 13.0 Å². The lowest BCUT2D eigenvalue weighted by molar-refractivity contribution is 0.856. The average Bonchev–Trinajstić information content (AvgIpc) is 3.25. The monoisotopic (exact) mass is 342 g/mol. The van der Waals surface area contributed by atoms with E-state index in [1.807, 2.05) is 18.2 Å².